The van der Waals surface area contributed by atoms with Gasteiger partial charge in [-0.2, -0.15) is 0 Å². The lowest BCUT2D eigenvalue weighted by atomic mass is 10.4. The summed E-state index contributed by atoms with van der Waals surface area (Å²) in [6, 6.07) is 0. The molecular weight excluding hydrogens is 140 g/mol. The minimum atomic E-state index is -0.0566. The highest BCUT2D eigenvalue weighted by Crippen LogP contribution is 1.89. The molecule has 0 spiro atoms. The average Bonchev–Trinajstić information content (AvgIpc) is 1.97. The third kappa shape index (κ3) is 5.21. The molecule has 1 amide bonds. The highest BCUT2D eigenvalue weighted by molar-refractivity contribution is 5.75. The van der Waals surface area contributed by atoms with Crippen molar-refractivity contribution in [3.8, 4) is 0 Å². The number of amides is 1. The second-order valence-electron chi connectivity index (χ2n) is 2.05. The SMILES string of the molecule is C/C=C(\C=C/NC)NC(C)=O. The number of nitrogens with one attached hydrogen (secondary N) is 2. The topological polar surface area (TPSA) is 41.1 Å². The van der Waals surface area contributed by atoms with Gasteiger partial charge >= 0.3 is 0 Å². The fourth-order valence-electron chi connectivity index (χ4n) is 0.586. The van der Waals surface area contributed by atoms with Crippen molar-refractivity contribution in [2.45, 2.75) is 13.8 Å². The molecule has 2 N–H and O–H groups in total. The number of rotatable bonds is 3. The minimum Gasteiger partial charge on any atom is -0.394 e. The van der Waals surface area contributed by atoms with Crippen LogP contribution in [0.1, 0.15) is 13.8 Å². The van der Waals surface area contributed by atoms with Crippen molar-refractivity contribution < 1.29 is 4.79 Å². The maximum atomic E-state index is 10.6. The van der Waals surface area contributed by atoms with Crippen LogP contribution in [0.3, 0.4) is 0 Å². The largest absolute Gasteiger partial charge is 0.394 e. The third-order valence-corrected chi connectivity index (χ3v) is 1.06. The van der Waals surface area contributed by atoms with Gasteiger partial charge in [0.15, 0.2) is 0 Å². The molecule has 0 bridgehead atoms. The van der Waals surface area contributed by atoms with Crippen LogP contribution in [0.5, 0.6) is 0 Å². The van der Waals surface area contributed by atoms with Gasteiger partial charge in [0.1, 0.15) is 0 Å². The van der Waals surface area contributed by atoms with Crippen molar-refractivity contribution in [1.82, 2.24) is 10.6 Å². The molecule has 62 valence electrons. The van der Waals surface area contributed by atoms with E-state index < -0.39 is 0 Å². The van der Waals surface area contributed by atoms with Gasteiger partial charge in [0.25, 0.3) is 0 Å². The van der Waals surface area contributed by atoms with Crippen molar-refractivity contribution in [2.24, 2.45) is 0 Å². The first-order valence-corrected chi connectivity index (χ1v) is 3.48. The fraction of sp³-hybridized carbons (Fsp3) is 0.375. The summed E-state index contributed by atoms with van der Waals surface area (Å²) in [6.45, 7) is 3.35. The number of hydrogen-bond donors (Lipinski definition) is 2. The lowest BCUT2D eigenvalue weighted by molar-refractivity contribution is -0.118. The molecule has 0 aromatic carbocycles. The Hall–Kier alpha value is -1.25. The number of hydrogen-bond acceptors (Lipinski definition) is 2. The van der Waals surface area contributed by atoms with Gasteiger partial charge in [0.05, 0.1) is 0 Å². The molecule has 0 saturated heterocycles. The van der Waals surface area contributed by atoms with Crippen molar-refractivity contribution in [2.75, 3.05) is 7.05 Å². The fourth-order valence-corrected chi connectivity index (χ4v) is 0.586. The van der Waals surface area contributed by atoms with E-state index in [-0.39, 0.29) is 5.91 Å². The van der Waals surface area contributed by atoms with Gasteiger partial charge < -0.3 is 10.6 Å². The maximum absolute atomic E-state index is 10.6. The molecule has 0 atom stereocenters. The van der Waals surface area contributed by atoms with Gasteiger partial charge in [-0.15, -0.1) is 0 Å². The number of allylic oxidation sites excluding steroid dienone is 2. The van der Waals surface area contributed by atoms with Crippen molar-refractivity contribution >= 4 is 5.91 Å². The first-order chi connectivity index (χ1) is 5.20. The zero-order valence-corrected chi connectivity index (χ0v) is 7.14. The lowest BCUT2D eigenvalue weighted by Crippen LogP contribution is -2.17. The molecule has 0 aliphatic carbocycles. The summed E-state index contributed by atoms with van der Waals surface area (Å²) in [6.07, 6.45) is 5.38. The van der Waals surface area contributed by atoms with Crippen LogP contribution in [0.15, 0.2) is 24.0 Å². The Balaban J connectivity index is 3.98. The average molecular weight is 154 g/mol. The molecule has 0 unspecified atom stereocenters. The van der Waals surface area contributed by atoms with E-state index in [1.807, 2.05) is 13.0 Å². The maximum Gasteiger partial charge on any atom is 0.221 e. The monoisotopic (exact) mass is 154 g/mol. The zero-order chi connectivity index (χ0) is 8.69. The summed E-state index contributed by atoms with van der Waals surface area (Å²) in [5.74, 6) is -0.0566. The lowest BCUT2D eigenvalue weighted by Gasteiger charge is -2.00. The normalized spacial score (nSPS) is 11.7. The van der Waals surface area contributed by atoms with Gasteiger partial charge in [-0.25, -0.2) is 0 Å². The summed E-state index contributed by atoms with van der Waals surface area (Å²) < 4.78 is 0. The second kappa shape index (κ2) is 5.53. The van der Waals surface area contributed by atoms with E-state index in [1.54, 1.807) is 19.3 Å². The van der Waals surface area contributed by atoms with E-state index in [9.17, 15) is 4.79 Å². The first-order valence-electron chi connectivity index (χ1n) is 3.48. The van der Waals surface area contributed by atoms with Gasteiger partial charge in [0, 0.05) is 19.7 Å². The molecule has 0 fully saturated rings. The quantitative estimate of drug-likeness (QED) is 0.589. The van der Waals surface area contributed by atoms with E-state index >= 15 is 0 Å². The molecule has 0 aliphatic heterocycles. The second-order valence-corrected chi connectivity index (χ2v) is 2.05. The van der Waals surface area contributed by atoms with Crippen LogP contribution in [0, 0.1) is 0 Å². The highest BCUT2D eigenvalue weighted by Gasteiger charge is 1.91. The molecule has 0 rings (SSSR count). The summed E-state index contributed by atoms with van der Waals surface area (Å²) >= 11 is 0. The molecule has 0 radical (unpaired) electrons. The molecule has 0 aromatic heterocycles. The predicted octanol–water partition coefficient (Wildman–Crippen LogP) is 0.759. The molecule has 0 saturated carbocycles. The van der Waals surface area contributed by atoms with Crippen LogP contribution in [0.4, 0.5) is 0 Å². The van der Waals surface area contributed by atoms with E-state index in [0.29, 0.717) is 0 Å². The molecule has 0 aliphatic rings. The Kier molecular flexibility index (Phi) is 4.90. The van der Waals surface area contributed by atoms with Gasteiger partial charge in [-0.1, -0.05) is 6.08 Å². The third-order valence-electron chi connectivity index (χ3n) is 1.06. The molecule has 11 heavy (non-hydrogen) atoms. The van der Waals surface area contributed by atoms with E-state index in [1.165, 1.54) is 6.92 Å². The van der Waals surface area contributed by atoms with Gasteiger partial charge in [-0.05, 0) is 19.2 Å². The Labute approximate surface area is 67.2 Å². The Morgan fingerprint density at radius 3 is 2.45 bits per heavy atom. The van der Waals surface area contributed by atoms with Crippen molar-refractivity contribution in [3.05, 3.63) is 24.0 Å². The van der Waals surface area contributed by atoms with Crippen LogP contribution in [-0.2, 0) is 4.79 Å². The van der Waals surface area contributed by atoms with Crippen molar-refractivity contribution in [1.29, 1.82) is 0 Å². The summed E-state index contributed by atoms with van der Waals surface area (Å²) in [4.78, 5) is 10.6. The molecule has 0 aromatic rings. The first kappa shape index (κ1) is 9.75. The highest BCUT2D eigenvalue weighted by atomic mass is 16.1. The summed E-state index contributed by atoms with van der Waals surface area (Å²) in [5.41, 5.74) is 0.798. The standard InChI is InChI=1S/C8H14N2O/c1-4-8(5-6-9-3)10-7(2)11/h4-6,9H,1-3H3,(H,10,11)/b6-5-,8-4+. The Morgan fingerprint density at radius 2 is 2.09 bits per heavy atom. The van der Waals surface area contributed by atoms with Gasteiger partial charge in [-0.3, -0.25) is 4.79 Å². The molecule has 3 nitrogen and oxygen atoms in total. The molecule has 0 heterocycles. The predicted molar refractivity (Wildman–Crippen MR) is 45.8 cm³/mol. The smallest absolute Gasteiger partial charge is 0.221 e. The molecular formula is C8H14N2O. The minimum absolute atomic E-state index is 0.0566. The summed E-state index contributed by atoms with van der Waals surface area (Å²) in [5, 5.41) is 5.49. The zero-order valence-electron chi connectivity index (χ0n) is 7.14. The summed E-state index contributed by atoms with van der Waals surface area (Å²) in [7, 11) is 1.80. The Morgan fingerprint density at radius 1 is 1.45 bits per heavy atom. The Bertz CT molecular complexity index is 183. The molecule has 3 heteroatoms. The number of carbonyl (C=O) groups excluding carboxylic acids is 1. The van der Waals surface area contributed by atoms with E-state index in [4.69, 9.17) is 0 Å². The van der Waals surface area contributed by atoms with Crippen molar-refractivity contribution in [3.63, 3.8) is 0 Å². The van der Waals surface area contributed by atoms with E-state index in [0.717, 1.165) is 5.70 Å². The van der Waals surface area contributed by atoms with Gasteiger partial charge in [0.2, 0.25) is 5.91 Å². The van der Waals surface area contributed by atoms with E-state index in [2.05, 4.69) is 10.6 Å². The van der Waals surface area contributed by atoms with Crippen LogP contribution in [0.2, 0.25) is 0 Å². The van der Waals surface area contributed by atoms with Crippen LogP contribution >= 0.6 is 0 Å². The number of carbonyl (C=O) groups is 1. The van der Waals surface area contributed by atoms with Crippen LogP contribution in [-0.4, -0.2) is 13.0 Å². The van der Waals surface area contributed by atoms with Crippen LogP contribution in [0.25, 0.3) is 0 Å². The van der Waals surface area contributed by atoms with Crippen LogP contribution < -0.4 is 10.6 Å².